The summed E-state index contributed by atoms with van der Waals surface area (Å²) in [6, 6.07) is 10.5. The Bertz CT molecular complexity index is 688. The van der Waals surface area contributed by atoms with E-state index in [-0.39, 0.29) is 18.3 Å². The maximum atomic E-state index is 12.0. The molecule has 3 rings (SSSR count). The number of benzene rings is 1. The van der Waals surface area contributed by atoms with Crippen LogP contribution < -0.4 is 10.6 Å². The molecular weight excluding hydrogens is 394 g/mol. The van der Waals surface area contributed by atoms with Gasteiger partial charge in [0, 0.05) is 30.4 Å². The molecule has 154 valence electrons. The third-order valence-electron chi connectivity index (χ3n) is 4.79. The zero-order valence-electron chi connectivity index (χ0n) is 16.2. The molecule has 1 aromatic carbocycles. The van der Waals surface area contributed by atoms with E-state index in [1.54, 1.807) is 18.0 Å². The van der Waals surface area contributed by atoms with Crippen LogP contribution in [0.1, 0.15) is 44.2 Å². The first-order valence-electron chi connectivity index (χ1n) is 9.89. The summed E-state index contributed by atoms with van der Waals surface area (Å²) >= 11 is 1.56. The van der Waals surface area contributed by atoms with E-state index in [9.17, 15) is 4.79 Å². The molecule has 1 amide bonds. The van der Waals surface area contributed by atoms with E-state index in [2.05, 4.69) is 15.6 Å². The van der Waals surface area contributed by atoms with Gasteiger partial charge in [-0.2, -0.15) is 0 Å². The van der Waals surface area contributed by atoms with Gasteiger partial charge in [-0.25, -0.2) is 4.98 Å². The van der Waals surface area contributed by atoms with Gasteiger partial charge in [0.15, 0.2) is 0 Å². The van der Waals surface area contributed by atoms with Crippen LogP contribution >= 0.6 is 24.2 Å². The highest BCUT2D eigenvalue weighted by atomic mass is 35.5. The van der Waals surface area contributed by atoms with Crippen LogP contribution in [0, 0.1) is 0 Å². The van der Waals surface area contributed by atoms with Crippen molar-refractivity contribution >= 4 is 30.1 Å². The number of nitrogens with one attached hydrogen (secondary N) is 2. The number of carbonyl (C=O) groups is 1. The Morgan fingerprint density at radius 1 is 1.11 bits per heavy atom. The van der Waals surface area contributed by atoms with Crippen molar-refractivity contribution in [1.29, 1.82) is 0 Å². The third kappa shape index (κ3) is 7.86. The molecule has 2 N–H and O–H groups in total. The lowest BCUT2D eigenvalue weighted by Gasteiger charge is -2.16. The largest absolute Gasteiger partial charge is 0.444 e. The topological polar surface area (TPSA) is 67.2 Å². The van der Waals surface area contributed by atoms with Gasteiger partial charge in [-0.3, -0.25) is 4.79 Å². The Morgan fingerprint density at radius 2 is 1.86 bits per heavy atom. The molecule has 28 heavy (non-hydrogen) atoms. The van der Waals surface area contributed by atoms with E-state index in [1.165, 1.54) is 38.5 Å². The molecule has 0 spiro atoms. The van der Waals surface area contributed by atoms with Crippen LogP contribution in [0.4, 0.5) is 0 Å². The zero-order valence-corrected chi connectivity index (χ0v) is 17.8. The van der Waals surface area contributed by atoms with Crippen LogP contribution in [0.2, 0.25) is 0 Å². The summed E-state index contributed by atoms with van der Waals surface area (Å²) in [6.45, 7) is 1.54. The van der Waals surface area contributed by atoms with Gasteiger partial charge >= 0.3 is 0 Å². The SMILES string of the molecule is Cl.O=C(CSCc1coc(-c2ccccc2)n1)NCCNC1CCCCCC1. The summed E-state index contributed by atoms with van der Waals surface area (Å²) in [5.41, 5.74) is 1.83. The number of rotatable bonds is 9. The predicted octanol–water partition coefficient (Wildman–Crippen LogP) is 4.43. The molecule has 1 heterocycles. The van der Waals surface area contributed by atoms with Crippen molar-refractivity contribution < 1.29 is 9.21 Å². The first-order valence-corrected chi connectivity index (χ1v) is 11.0. The summed E-state index contributed by atoms with van der Waals surface area (Å²) in [5.74, 6) is 1.82. The van der Waals surface area contributed by atoms with Gasteiger partial charge in [-0.15, -0.1) is 24.2 Å². The molecule has 0 atom stereocenters. The van der Waals surface area contributed by atoms with Crippen LogP contribution in [-0.4, -0.2) is 35.8 Å². The molecule has 2 aromatic rings. The Morgan fingerprint density at radius 3 is 2.61 bits per heavy atom. The minimum atomic E-state index is 0. The number of halogens is 1. The number of hydrogen-bond acceptors (Lipinski definition) is 5. The van der Waals surface area contributed by atoms with Gasteiger partial charge in [0.1, 0.15) is 6.26 Å². The molecule has 0 radical (unpaired) electrons. The van der Waals surface area contributed by atoms with Gasteiger partial charge in [0.05, 0.1) is 11.4 Å². The second-order valence-corrected chi connectivity index (χ2v) is 7.98. The molecule has 1 aliphatic carbocycles. The Kier molecular flexibility index (Phi) is 10.5. The molecule has 5 nitrogen and oxygen atoms in total. The van der Waals surface area contributed by atoms with Gasteiger partial charge in [0.25, 0.3) is 0 Å². The van der Waals surface area contributed by atoms with Gasteiger partial charge in [-0.05, 0) is 25.0 Å². The van der Waals surface area contributed by atoms with E-state index >= 15 is 0 Å². The lowest BCUT2D eigenvalue weighted by atomic mass is 10.1. The number of oxazole rings is 1. The van der Waals surface area contributed by atoms with Crippen LogP contribution in [0.15, 0.2) is 41.0 Å². The lowest BCUT2D eigenvalue weighted by molar-refractivity contribution is -0.118. The van der Waals surface area contributed by atoms with Gasteiger partial charge in [0.2, 0.25) is 11.8 Å². The minimum Gasteiger partial charge on any atom is -0.444 e. The quantitative estimate of drug-likeness (QED) is 0.461. The highest BCUT2D eigenvalue weighted by Crippen LogP contribution is 2.20. The summed E-state index contributed by atoms with van der Waals surface area (Å²) in [6.07, 6.45) is 9.60. The lowest BCUT2D eigenvalue weighted by Crippen LogP contribution is -2.37. The van der Waals surface area contributed by atoms with Gasteiger partial charge < -0.3 is 15.1 Å². The normalized spacial score (nSPS) is 14.9. The van der Waals surface area contributed by atoms with E-state index in [4.69, 9.17) is 4.42 Å². The second kappa shape index (κ2) is 12.9. The van der Waals surface area contributed by atoms with Crippen molar-refractivity contribution in [3.63, 3.8) is 0 Å². The molecule has 1 aliphatic rings. The second-order valence-electron chi connectivity index (χ2n) is 7.00. The average Bonchev–Trinajstić information content (AvgIpc) is 3.01. The standard InChI is InChI=1S/C21H29N3O2S.ClH/c25-20(23-13-12-22-18-10-6-1-2-7-11-18)16-27-15-19-14-26-21(24-19)17-8-4-3-5-9-17;/h3-5,8-9,14,18,22H,1-2,6-7,10-13,15-16H2,(H,23,25);1H. The van der Waals surface area contributed by atoms with Crippen LogP contribution in [0.25, 0.3) is 11.5 Å². The van der Waals surface area contributed by atoms with Crippen molar-refractivity contribution in [3.8, 4) is 11.5 Å². The summed E-state index contributed by atoms with van der Waals surface area (Å²) < 4.78 is 5.52. The monoisotopic (exact) mass is 423 g/mol. The maximum absolute atomic E-state index is 12.0. The number of thioether (sulfide) groups is 1. The molecule has 0 saturated heterocycles. The number of aromatic nitrogens is 1. The van der Waals surface area contributed by atoms with Crippen molar-refractivity contribution in [1.82, 2.24) is 15.6 Å². The number of amides is 1. The first kappa shape index (κ1) is 22.8. The fraction of sp³-hybridized carbons (Fsp3) is 0.524. The Hall–Kier alpha value is -1.50. The first-order chi connectivity index (χ1) is 13.3. The van der Waals surface area contributed by atoms with Crippen molar-refractivity contribution in [2.75, 3.05) is 18.8 Å². The zero-order chi connectivity index (χ0) is 18.7. The number of nitrogens with zero attached hydrogens (tertiary/aromatic N) is 1. The van der Waals surface area contributed by atoms with Crippen molar-refractivity contribution in [3.05, 3.63) is 42.3 Å². The highest BCUT2D eigenvalue weighted by Gasteiger charge is 2.11. The van der Waals surface area contributed by atoms with E-state index in [0.717, 1.165) is 17.8 Å². The molecule has 0 aliphatic heterocycles. The summed E-state index contributed by atoms with van der Waals surface area (Å²) in [5, 5.41) is 6.56. The van der Waals surface area contributed by atoms with Crippen LogP contribution in [-0.2, 0) is 10.5 Å². The van der Waals surface area contributed by atoms with Crippen LogP contribution in [0.3, 0.4) is 0 Å². The third-order valence-corrected chi connectivity index (χ3v) is 5.76. The Labute approximate surface area is 177 Å². The molecule has 7 heteroatoms. The highest BCUT2D eigenvalue weighted by molar-refractivity contribution is 7.99. The fourth-order valence-corrected chi connectivity index (χ4v) is 4.08. The predicted molar refractivity (Wildman–Crippen MR) is 118 cm³/mol. The molecule has 0 unspecified atom stereocenters. The van der Waals surface area contributed by atoms with Crippen molar-refractivity contribution in [2.24, 2.45) is 0 Å². The molecule has 1 fully saturated rings. The van der Waals surface area contributed by atoms with Crippen LogP contribution in [0.5, 0.6) is 0 Å². The van der Waals surface area contributed by atoms with E-state index in [0.29, 0.717) is 30.0 Å². The Balaban J connectivity index is 0.00000280. The molecule has 1 aromatic heterocycles. The summed E-state index contributed by atoms with van der Waals surface area (Å²) in [7, 11) is 0. The average molecular weight is 424 g/mol. The smallest absolute Gasteiger partial charge is 0.230 e. The molecular formula is C21H30ClN3O2S. The van der Waals surface area contributed by atoms with E-state index in [1.807, 2.05) is 30.3 Å². The molecule has 1 saturated carbocycles. The number of carbonyl (C=O) groups excluding carboxylic acids is 1. The maximum Gasteiger partial charge on any atom is 0.230 e. The number of hydrogen-bond donors (Lipinski definition) is 2. The minimum absolute atomic E-state index is 0. The van der Waals surface area contributed by atoms with Gasteiger partial charge in [-0.1, -0.05) is 43.9 Å². The fourth-order valence-electron chi connectivity index (χ4n) is 3.35. The summed E-state index contributed by atoms with van der Waals surface area (Å²) in [4.78, 5) is 16.4. The molecule has 0 bridgehead atoms. The van der Waals surface area contributed by atoms with Crippen molar-refractivity contribution in [2.45, 2.75) is 50.3 Å². The van der Waals surface area contributed by atoms with E-state index < -0.39 is 0 Å².